The summed E-state index contributed by atoms with van der Waals surface area (Å²) in [4.78, 5) is 11.5. The van der Waals surface area contributed by atoms with Crippen LogP contribution in [0, 0.1) is 11.3 Å². The van der Waals surface area contributed by atoms with Crippen LogP contribution in [0.2, 0.25) is 0 Å². The highest BCUT2D eigenvalue weighted by molar-refractivity contribution is 5.94. The molecule has 15 heavy (non-hydrogen) atoms. The monoisotopic (exact) mass is 203 g/mol. The Morgan fingerprint density at radius 3 is 2.67 bits per heavy atom. The second kappa shape index (κ2) is 5.66. The molecule has 0 aromatic heterocycles. The summed E-state index contributed by atoms with van der Waals surface area (Å²) in [7, 11) is 0. The number of benzene rings is 1. The number of amides is 1. The molecule has 0 aliphatic carbocycles. The van der Waals surface area contributed by atoms with Crippen LogP contribution < -0.4 is 11.1 Å². The lowest BCUT2D eigenvalue weighted by atomic mass is 10.2. The number of hydrogen-bond donors (Lipinski definition) is 2. The van der Waals surface area contributed by atoms with Gasteiger partial charge in [0.15, 0.2) is 0 Å². The minimum absolute atomic E-state index is 0.132. The number of hydrogen-bond acceptors (Lipinski definition) is 3. The predicted octanol–water partition coefficient (Wildman–Crippen LogP) is 1.30. The standard InChI is InChI=1S/C11H13N3O/c12-7-1-2-8-14-11(15)9-3-5-10(13)6-4-9/h3-6H,1-2,8,13H2,(H,14,15). The molecule has 0 spiro atoms. The Labute approximate surface area is 88.7 Å². The first kappa shape index (κ1) is 11.1. The first-order valence-corrected chi connectivity index (χ1v) is 4.74. The predicted molar refractivity (Wildman–Crippen MR) is 58.0 cm³/mol. The normalized spacial score (nSPS) is 9.27. The Morgan fingerprint density at radius 2 is 2.07 bits per heavy atom. The molecule has 0 radical (unpaired) electrons. The molecule has 1 aromatic carbocycles. The van der Waals surface area contributed by atoms with Crippen molar-refractivity contribution in [3.8, 4) is 6.07 Å². The van der Waals surface area contributed by atoms with Gasteiger partial charge in [0.1, 0.15) is 0 Å². The van der Waals surface area contributed by atoms with Crippen LogP contribution in [0.25, 0.3) is 0 Å². The van der Waals surface area contributed by atoms with E-state index in [4.69, 9.17) is 11.0 Å². The zero-order valence-electron chi connectivity index (χ0n) is 8.36. The third-order valence-electron chi connectivity index (χ3n) is 1.92. The summed E-state index contributed by atoms with van der Waals surface area (Å²) in [6, 6.07) is 8.74. The lowest BCUT2D eigenvalue weighted by Gasteiger charge is -2.03. The molecule has 1 amide bonds. The molecule has 0 saturated carbocycles. The fourth-order valence-corrected chi connectivity index (χ4v) is 1.11. The zero-order chi connectivity index (χ0) is 11.1. The van der Waals surface area contributed by atoms with E-state index in [1.165, 1.54) is 0 Å². The Bertz CT molecular complexity index is 364. The highest BCUT2D eigenvalue weighted by Crippen LogP contribution is 2.04. The molecule has 0 aliphatic rings. The summed E-state index contributed by atoms with van der Waals surface area (Å²) >= 11 is 0. The lowest BCUT2D eigenvalue weighted by molar-refractivity contribution is 0.0953. The number of carbonyl (C=O) groups excluding carboxylic acids is 1. The van der Waals surface area contributed by atoms with Crippen molar-refractivity contribution in [3.63, 3.8) is 0 Å². The van der Waals surface area contributed by atoms with Crippen molar-refractivity contribution in [2.24, 2.45) is 0 Å². The average Bonchev–Trinajstić information content (AvgIpc) is 2.25. The first-order valence-electron chi connectivity index (χ1n) is 4.74. The highest BCUT2D eigenvalue weighted by Gasteiger charge is 2.03. The number of nitriles is 1. The number of unbranched alkanes of at least 4 members (excludes halogenated alkanes) is 1. The van der Waals surface area contributed by atoms with E-state index in [-0.39, 0.29) is 5.91 Å². The molecule has 1 rings (SSSR count). The molecule has 4 heteroatoms. The topological polar surface area (TPSA) is 78.9 Å². The van der Waals surface area contributed by atoms with E-state index in [1.807, 2.05) is 6.07 Å². The largest absolute Gasteiger partial charge is 0.399 e. The Hall–Kier alpha value is -2.02. The van der Waals surface area contributed by atoms with Gasteiger partial charge in [-0.05, 0) is 30.7 Å². The van der Waals surface area contributed by atoms with Crippen molar-refractivity contribution in [2.45, 2.75) is 12.8 Å². The minimum Gasteiger partial charge on any atom is -0.399 e. The van der Waals surface area contributed by atoms with E-state index >= 15 is 0 Å². The summed E-state index contributed by atoms with van der Waals surface area (Å²) in [5, 5.41) is 11.0. The molecule has 0 bridgehead atoms. The summed E-state index contributed by atoms with van der Waals surface area (Å²) in [6.07, 6.45) is 1.14. The van der Waals surface area contributed by atoms with Gasteiger partial charge in [-0.1, -0.05) is 0 Å². The second-order valence-electron chi connectivity index (χ2n) is 3.14. The molecule has 0 heterocycles. The van der Waals surface area contributed by atoms with E-state index in [1.54, 1.807) is 24.3 Å². The van der Waals surface area contributed by atoms with E-state index in [0.717, 1.165) is 0 Å². The van der Waals surface area contributed by atoms with Crippen LogP contribution in [0.15, 0.2) is 24.3 Å². The average molecular weight is 203 g/mol. The maximum atomic E-state index is 11.5. The fraction of sp³-hybridized carbons (Fsp3) is 0.273. The van der Waals surface area contributed by atoms with Gasteiger partial charge in [0.2, 0.25) is 0 Å². The quantitative estimate of drug-likeness (QED) is 0.572. The number of carbonyl (C=O) groups is 1. The SMILES string of the molecule is N#CCCCNC(=O)c1ccc(N)cc1. The van der Waals surface area contributed by atoms with Gasteiger partial charge in [-0.3, -0.25) is 4.79 Å². The van der Waals surface area contributed by atoms with Crippen LogP contribution in [0.5, 0.6) is 0 Å². The fourth-order valence-electron chi connectivity index (χ4n) is 1.11. The maximum absolute atomic E-state index is 11.5. The smallest absolute Gasteiger partial charge is 0.251 e. The number of nitrogens with two attached hydrogens (primary N) is 1. The number of nitrogens with zero attached hydrogens (tertiary/aromatic N) is 1. The molecular weight excluding hydrogens is 190 g/mol. The summed E-state index contributed by atoms with van der Waals surface area (Å²) in [6.45, 7) is 0.525. The van der Waals surface area contributed by atoms with Gasteiger partial charge in [-0.15, -0.1) is 0 Å². The summed E-state index contributed by atoms with van der Waals surface area (Å²) in [5.41, 5.74) is 6.72. The van der Waals surface area contributed by atoms with Crippen LogP contribution in [0.4, 0.5) is 5.69 Å². The van der Waals surface area contributed by atoms with Gasteiger partial charge in [-0.25, -0.2) is 0 Å². The molecule has 78 valence electrons. The number of nitrogens with one attached hydrogen (secondary N) is 1. The molecule has 0 fully saturated rings. The summed E-state index contributed by atoms with van der Waals surface area (Å²) in [5.74, 6) is -0.132. The van der Waals surface area contributed by atoms with Crippen molar-refractivity contribution in [1.29, 1.82) is 5.26 Å². The molecule has 0 aliphatic heterocycles. The second-order valence-corrected chi connectivity index (χ2v) is 3.14. The molecule has 0 atom stereocenters. The van der Waals surface area contributed by atoms with Crippen molar-refractivity contribution in [3.05, 3.63) is 29.8 Å². The minimum atomic E-state index is -0.132. The van der Waals surface area contributed by atoms with E-state index in [0.29, 0.717) is 30.6 Å². The Morgan fingerprint density at radius 1 is 1.40 bits per heavy atom. The van der Waals surface area contributed by atoms with Crippen LogP contribution in [0.3, 0.4) is 0 Å². The maximum Gasteiger partial charge on any atom is 0.251 e. The van der Waals surface area contributed by atoms with E-state index in [9.17, 15) is 4.79 Å². The number of anilines is 1. The van der Waals surface area contributed by atoms with Gasteiger partial charge in [0.25, 0.3) is 5.91 Å². The van der Waals surface area contributed by atoms with Crippen LogP contribution in [-0.4, -0.2) is 12.5 Å². The van der Waals surface area contributed by atoms with Crippen LogP contribution >= 0.6 is 0 Å². The van der Waals surface area contributed by atoms with Gasteiger partial charge >= 0.3 is 0 Å². The highest BCUT2D eigenvalue weighted by atomic mass is 16.1. The molecule has 3 N–H and O–H groups in total. The van der Waals surface area contributed by atoms with E-state index in [2.05, 4.69) is 5.32 Å². The van der Waals surface area contributed by atoms with Gasteiger partial charge in [-0.2, -0.15) is 5.26 Å². The molecule has 0 saturated heterocycles. The van der Waals surface area contributed by atoms with Crippen molar-refractivity contribution < 1.29 is 4.79 Å². The molecule has 4 nitrogen and oxygen atoms in total. The molecule has 1 aromatic rings. The third-order valence-corrected chi connectivity index (χ3v) is 1.92. The van der Waals surface area contributed by atoms with Gasteiger partial charge in [0.05, 0.1) is 6.07 Å². The van der Waals surface area contributed by atoms with Crippen LogP contribution in [-0.2, 0) is 0 Å². The summed E-state index contributed by atoms with van der Waals surface area (Å²) < 4.78 is 0. The van der Waals surface area contributed by atoms with Crippen LogP contribution in [0.1, 0.15) is 23.2 Å². The van der Waals surface area contributed by atoms with Crippen molar-refractivity contribution in [2.75, 3.05) is 12.3 Å². The molecule has 0 unspecified atom stereocenters. The van der Waals surface area contributed by atoms with Gasteiger partial charge < -0.3 is 11.1 Å². The number of rotatable bonds is 4. The van der Waals surface area contributed by atoms with Crippen molar-refractivity contribution in [1.82, 2.24) is 5.32 Å². The number of nitrogen functional groups attached to an aromatic ring is 1. The third kappa shape index (κ3) is 3.69. The molecular formula is C11H13N3O. The Balaban J connectivity index is 2.41. The first-order chi connectivity index (χ1) is 7.24. The van der Waals surface area contributed by atoms with Crippen molar-refractivity contribution >= 4 is 11.6 Å². The Kier molecular flexibility index (Phi) is 4.17. The van der Waals surface area contributed by atoms with E-state index < -0.39 is 0 Å². The zero-order valence-corrected chi connectivity index (χ0v) is 8.36. The lowest BCUT2D eigenvalue weighted by Crippen LogP contribution is -2.24. The van der Waals surface area contributed by atoms with Gasteiger partial charge in [0, 0.05) is 24.2 Å².